The van der Waals surface area contributed by atoms with Crippen LogP contribution in [-0.4, -0.2) is 25.8 Å². The van der Waals surface area contributed by atoms with Crippen molar-refractivity contribution in [1.82, 2.24) is 19.9 Å². The molecule has 1 aliphatic rings. The summed E-state index contributed by atoms with van der Waals surface area (Å²) in [5.41, 5.74) is 9.60. The molecule has 1 aliphatic carbocycles. The zero-order valence-corrected chi connectivity index (χ0v) is 17.3. The van der Waals surface area contributed by atoms with E-state index in [0.29, 0.717) is 42.4 Å². The highest BCUT2D eigenvalue weighted by Gasteiger charge is 2.52. The van der Waals surface area contributed by atoms with E-state index in [1.807, 2.05) is 54.6 Å². The molecule has 32 heavy (non-hydrogen) atoms. The zero-order chi connectivity index (χ0) is 22.0. The van der Waals surface area contributed by atoms with E-state index in [0.717, 1.165) is 16.7 Å². The Morgan fingerprint density at radius 3 is 2.34 bits per heavy atom. The molecule has 3 aromatic heterocycles. The van der Waals surface area contributed by atoms with Crippen LogP contribution in [0.25, 0.3) is 22.5 Å². The quantitative estimate of drug-likeness (QED) is 0.486. The van der Waals surface area contributed by atoms with Gasteiger partial charge in [-0.2, -0.15) is 0 Å². The molecular weight excluding hydrogens is 402 g/mol. The SMILES string of the molecule is NC(=O)C1(c2cnc(-c3ccncc3)c(-c3ccc(OCc4ccccc4)nc3)n2)CC1. The van der Waals surface area contributed by atoms with Crippen LogP contribution in [0.4, 0.5) is 0 Å². The Balaban J connectivity index is 1.48. The average Bonchev–Trinajstić information content (AvgIpc) is 3.66. The number of hydrogen-bond acceptors (Lipinski definition) is 6. The van der Waals surface area contributed by atoms with Crippen molar-refractivity contribution in [2.24, 2.45) is 5.73 Å². The summed E-state index contributed by atoms with van der Waals surface area (Å²) in [4.78, 5) is 30.1. The van der Waals surface area contributed by atoms with E-state index in [9.17, 15) is 4.79 Å². The second kappa shape index (κ2) is 8.19. The minimum atomic E-state index is -0.718. The van der Waals surface area contributed by atoms with Gasteiger partial charge in [-0.15, -0.1) is 0 Å². The number of amides is 1. The lowest BCUT2D eigenvalue weighted by Crippen LogP contribution is -2.29. The van der Waals surface area contributed by atoms with Crippen LogP contribution < -0.4 is 10.5 Å². The van der Waals surface area contributed by atoms with Crippen LogP contribution in [-0.2, 0) is 16.8 Å². The van der Waals surface area contributed by atoms with E-state index >= 15 is 0 Å². The van der Waals surface area contributed by atoms with Crippen LogP contribution in [0.5, 0.6) is 5.88 Å². The molecule has 0 radical (unpaired) electrons. The predicted octanol–water partition coefficient (Wildman–Crippen LogP) is 3.70. The van der Waals surface area contributed by atoms with E-state index in [-0.39, 0.29) is 5.91 Å². The number of rotatable bonds is 7. The van der Waals surface area contributed by atoms with Gasteiger partial charge in [0.1, 0.15) is 6.61 Å². The lowest BCUT2D eigenvalue weighted by atomic mass is 10.0. The third-order valence-electron chi connectivity index (χ3n) is 5.68. The maximum Gasteiger partial charge on any atom is 0.229 e. The molecule has 2 N–H and O–H groups in total. The van der Waals surface area contributed by atoms with Gasteiger partial charge < -0.3 is 10.5 Å². The Morgan fingerprint density at radius 2 is 1.69 bits per heavy atom. The van der Waals surface area contributed by atoms with Gasteiger partial charge in [0.2, 0.25) is 11.8 Å². The van der Waals surface area contributed by atoms with Crippen LogP contribution in [0.1, 0.15) is 24.1 Å². The number of benzene rings is 1. The molecule has 1 aromatic carbocycles. The maximum absolute atomic E-state index is 12.0. The Labute approximate surface area is 185 Å². The van der Waals surface area contributed by atoms with Gasteiger partial charge in [0.05, 0.1) is 28.7 Å². The van der Waals surface area contributed by atoms with Gasteiger partial charge >= 0.3 is 0 Å². The van der Waals surface area contributed by atoms with Crippen LogP contribution in [0.15, 0.2) is 79.4 Å². The summed E-state index contributed by atoms with van der Waals surface area (Å²) in [6, 6.07) is 17.4. The van der Waals surface area contributed by atoms with Crippen LogP contribution >= 0.6 is 0 Å². The molecule has 7 heteroatoms. The van der Waals surface area contributed by atoms with Gasteiger partial charge in [0.25, 0.3) is 0 Å². The number of carbonyl (C=O) groups excluding carboxylic acids is 1. The van der Waals surface area contributed by atoms with Crippen molar-refractivity contribution < 1.29 is 9.53 Å². The summed E-state index contributed by atoms with van der Waals surface area (Å²) < 4.78 is 5.80. The number of aromatic nitrogens is 4. The first-order valence-electron chi connectivity index (χ1n) is 10.4. The fourth-order valence-corrected chi connectivity index (χ4v) is 3.63. The van der Waals surface area contributed by atoms with Crippen LogP contribution in [0.3, 0.4) is 0 Å². The van der Waals surface area contributed by atoms with E-state index in [2.05, 4.69) is 15.0 Å². The molecule has 1 saturated carbocycles. The van der Waals surface area contributed by atoms with Crippen molar-refractivity contribution in [3.05, 3.63) is 90.6 Å². The molecule has 3 heterocycles. The highest BCUT2D eigenvalue weighted by atomic mass is 16.5. The van der Waals surface area contributed by atoms with Crippen molar-refractivity contribution in [3.63, 3.8) is 0 Å². The predicted molar refractivity (Wildman–Crippen MR) is 119 cm³/mol. The Hall–Kier alpha value is -4.13. The van der Waals surface area contributed by atoms with Gasteiger partial charge in [-0.25, -0.2) is 9.97 Å². The van der Waals surface area contributed by atoms with Crippen LogP contribution in [0, 0.1) is 0 Å². The number of nitrogens with two attached hydrogens (primary N) is 1. The number of carbonyl (C=O) groups is 1. The Bertz CT molecular complexity index is 1240. The molecule has 0 spiro atoms. The molecule has 7 nitrogen and oxygen atoms in total. The average molecular weight is 423 g/mol. The summed E-state index contributed by atoms with van der Waals surface area (Å²) in [6.45, 7) is 0.436. The minimum Gasteiger partial charge on any atom is -0.473 e. The van der Waals surface area contributed by atoms with Crippen molar-refractivity contribution >= 4 is 5.91 Å². The van der Waals surface area contributed by atoms with Crippen molar-refractivity contribution in [2.45, 2.75) is 24.9 Å². The second-order valence-corrected chi connectivity index (χ2v) is 7.79. The number of nitrogens with zero attached hydrogens (tertiary/aromatic N) is 4. The molecule has 4 aromatic rings. The highest BCUT2D eigenvalue weighted by Crippen LogP contribution is 2.47. The summed E-state index contributed by atoms with van der Waals surface area (Å²) in [6.07, 6.45) is 8.16. The number of hydrogen-bond donors (Lipinski definition) is 1. The van der Waals surface area contributed by atoms with Gasteiger partial charge in [0, 0.05) is 35.8 Å². The standard InChI is InChI=1S/C25H21N5O2/c26-24(31)25(10-11-25)20-15-29-22(18-8-12-27-13-9-18)23(30-20)19-6-7-21(28-14-19)32-16-17-4-2-1-3-5-17/h1-9,12-15H,10-11,16H2,(H2,26,31). The number of pyridine rings is 2. The monoisotopic (exact) mass is 423 g/mol. The molecule has 0 atom stereocenters. The smallest absolute Gasteiger partial charge is 0.229 e. The Kier molecular flexibility index (Phi) is 5.07. The summed E-state index contributed by atoms with van der Waals surface area (Å²) >= 11 is 0. The maximum atomic E-state index is 12.0. The van der Waals surface area contributed by atoms with Crippen LogP contribution in [0.2, 0.25) is 0 Å². The zero-order valence-electron chi connectivity index (χ0n) is 17.3. The first-order chi connectivity index (χ1) is 15.7. The minimum absolute atomic E-state index is 0.364. The number of primary amides is 1. The fraction of sp³-hybridized carbons (Fsp3) is 0.160. The molecule has 0 aliphatic heterocycles. The summed E-state index contributed by atoms with van der Waals surface area (Å²) in [5, 5.41) is 0. The first-order valence-corrected chi connectivity index (χ1v) is 10.4. The molecule has 0 saturated heterocycles. The second-order valence-electron chi connectivity index (χ2n) is 7.79. The highest BCUT2D eigenvalue weighted by molar-refractivity contribution is 5.89. The van der Waals surface area contributed by atoms with Crippen molar-refractivity contribution in [2.75, 3.05) is 0 Å². The van der Waals surface area contributed by atoms with Gasteiger partial charge in [0.15, 0.2) is 0 Å². The summed E-state index contributed by atoms with van der Waals surface area (Å²) in [5.74, 6) is 0.153. The largest absolute Gasteiger partial charge is 0.473 e. The molecule has 1 fully saturated rings. The molecule has 1 amide bonds. The Morgan fingerprint density at radius 1 is 0.906 bits per heavy atom. The molecular formula is C25H21N5O2. The van der Waals surface area contributed by atoms with E-state index in [1.165, 1.54) is 0 Å². The van der Waals surface area contributed by atoms with Crippen molar-refractivity contribution in [1.29, 1.82) is 0 Å². The van der Waals surface area contributed by atoms with Gasteiger partial charge in [-0.1, -0.05) is 30.3 Å². The molecule has 0 bridgehead atoms. The fourth-order valence-electron chi connectivity index (χ4n) is 3.63. The summed E-state index contributed by atoms with van der Waals surface area (Å²) in [7, 11) is 0. The molecule has 5 rings (SSSR count). The third kappa shape index (κ3) is 3.80. The van der Waals surface area contributed by atoms with Gasteiger partial charge in [-0.05, 0) is 36.6 Å². The third-order valence-corrected chi connectivity index (χ3v) is 5.68. The van der Waals surface area contributed by atoms with E-state index < -0.39 is 5.41 Å². The van der Waals surface area contributed by atoms with Crippen molar-refractivity contribution in [3.8, 4) is 28.4 Å². The number of ether oxygens (including phenoxy) is 1. The molecule has 0 unspecified atom stereocenters. The first kappa shape index (κ1) is 19.8. The molecule has 158 valence electrons. The lowest BCUT2D eigenvalue weighted by Gasteiger charge is -2.15. The lowest BCUT2D eigenvalue weighted by molar-refractivity contribution is -0.120. The van der Waals surface area contributed by atoms with E-state index in [1.54, 1.807) is 24.8 Å². The topological polar surface area (TPSA) is 104 Å². The normalized spacial score (nSPS) is 14.0. The van der Waals surface area contributed by atoms with Gasteiger partial charge in [-0.3, -0.25) is 14.8 Å². The van der Waals surface area contributed by atoms with E-state index in [4.69, 9.17) is 15.5 Å².